The number of hydrogen-bond acceptors (Lipinski definition) is 1. The lowest BCUT2D eigenvalue weighted by Gasteiger charge is -2.27. The van der Waals surface area contributed by atoms with Gasteiger partial charge in [-0.3, -0.25) is 0 Å². The van der Waals surface area contributed by atoms with Gasteiger partial charge in [0, 0.05) is 17.1 Å². The van der Waals surface area contributed by atoms with E-state index in [1.54, 1.807) is 0 Å². The summed E-state index contributed by atoms with van der Waals surface area (Å²) in [7, 11) is 0. The first-order valence-corrected chi connectivity index (χ1v) is 17.6. The predicted molar refractivity (Wildman–Crippen MR) is 220 cm³/mol. The number of rotatable bonds is 5. The van der Waals surface area contributed by atoms with E-state index in [0.29, 0.717) is 0 Å². The quantitative estimate of drug-likeness (QED) is 0.168. The van der Waals surface area contributed by atoms with Crippen molar-refractivity contribution in [1.82, 2.24) is 0 Å². The van der Waals surface area contributed by atoms with Gasteiger partial charge in [0.05, 0.1) is 0 Å². The van der Waals surface area contributed by atoms with Gasteiger partial charge in [0.25, 0.3) is 0 Å². The van der Waals surface area contributed by atoms with Crippen LogP contribution in [0.25, 0.3) is 76.1 Å². The van der Waals surface area contributed by atoms with Gasteiger partial charge in [0.1, 0.15) is 0 Å². The van der Waals surface area contributed by atoms with Crippen molar-refractivity contribution in [1.29, 1.82) is 0 Å². The highest BCUT2D eigenvalue weighted by molar-refractivity contribution is 6.25. The summed E-state index contributed by atoms with van der Waals surface area (Å²) in [5, 5.41) is 12.6. The fourth-order valence-corrected chi connectivity index (χ4v) is 7.94. The van der Waals surface area contributed by atoms with Crippen LogP contribution in [0, 0.1) is 0 Å². The maximum absolute atomic E-state index is 2.40. The van der Waals surface area contributed by atoms with Gasteiger partial charge in [-0.15, -0.1) is 0 Å². The Morgan fingerprint density at radius 1 is 0.235 bits per heavy atom. The molecule has 0 bridgehead atoms. The van der Waals surface area contributed by atoms with Crippen molar-refractivity contribution in [3.05, 3.63) is 200 Å². The molecule has 10 rings (SSSR count). The lowest BCUT2D eigenvalue weighted by Crippen LogP contribution is -2.10. The second kappa shape index (κ2) is 12.0. The van der Waals surface area contributed by atoms with Crippen molar-refractivity contribution in [2.45, 2.75) is 0 Å². The summed E-state index contributed by atoms with van der Waals surface area (Å²) in [6.07, 6.45) is 0. The first-order valence-electron chi connectivity index (χ1n) is 17.6. The Morgan fingerprint density at radius 3 is 1.51 bits per heavy atom. The summed E-state index contributed by atoms with van der Waals surface area (Å²) in [5.41, 5.74) is 8.19. The molecule has 0 aliphatic rings. The van der Waals surface area contributed by atoms with E-state index in [1.165, 1.54) is 76.1 Å². The zero-order chi connectivity index (χ0) is 33.7. The van der Waals surface area contributed by atoms with Crippen LogP contribution in [0.2, 0.25) is 0 Å². The Morgan fingerprint density at radius 2 is 0.765 bits per heavy atom. The molecule has 0 atom stereocenters. The first-order chi connectivity index (χ1) is 25.3. The molecule has 10 aromatic carbocycles. The fraction of sp³-hybridized carbons (Fsp3) is 0. The molecular weight excluding hydrogens is 615 g/mol. The molecule has 0 radical (unpaired) electrons. The van der Waals surface area contributed by atoms with Crippen molar-refractivity contribution in [2.24, 2.45) is 0 Å². The number of fused-ring (bicyclic) bond motifs is 8. The molecule has 0 saturated carbocycles. The maximum atomic E-state index is 2.40. The summed E-state index contributed by atoms with van der Waals surface area (Å²) in [6, 6.07) is 73.1. The van der Waals surface area contributed by atoms with Crippen molar-refractivity contribution >= 4 is 70.9 Å². The van der Waals surface area contributed by atoms with Gasteiger partial charge in [0.15, 0.2) is 0 Å². The van der Waals surface area contributed by atoms with Crippen molar-refractivity contribution in [3.8, 4) is 22.3 Å². The van der Waals surface area contributed by atoms with Crippen LogP contribution in [0.5, 0.6) is 0 Å². The van der Waals surface area contributed by atoms with Gasteiger partial charge in [-0.25, -0.2) is 0 Å². The molecule has 0 aliphatic heterocycles. The largest absolute Gasteiger partial charge is 0.310 e. The SMILES string of the molecule is c1cc(-c2cccc3ccccc23)cc(N(c2ccc(-c3ccc4ccccc4c3)cc2)c2ccc3c4ccccc4c4ccccc4c3c2)c1. The number of anilines is 3. The van der Waals surface area contributed by atoms with Crippen LogP contribution >= 0.6 is 0 Å². The Balaban J connectivity index is 1.17. The topological polar surface area (TPSA) is 3.24 Å². The van der Waals surface area contributed by atoms with E-state index in [-0.39, 0.29) is 0 Å². The van der Waals surface area contributed by atoms with E-state index in [4.69, 9.17) is 0 Å². The second-order valence-electron chi connectivity index (χ2n) is 13.3. The lowest BCUT2D eigenvalue weighted by molar-refractivity contribution is 1.29. The summed E-state index contributed by atoms with van der Waals surface area (Å²) in [6.45, 7) is 0. The molecular formula is C50H33N. The minimum atomic E-state index is 1.11. The monoisotopic (exact) mass is 647 g/mol. The zero-order valence-corrected chi connectivity index (χ0v) is 28.0. The highest BCUT2D eigenvalue weighted by Gasteiger charge is 2.17. The molecule has 0 fully saturated rings. The molecule has 0 N–H and O–H groups in total. The van der Waals surface area contributed by atoms with Gasteiger partial charge in [-0.2, -0.15) is 0 Å². The number of benzene rings is 10. The smallest absolute Gasteiger partial charge is 0.0468 e. The van der Waals surface area contributed by atoms with Crippen LogP contribution in [0.3, 0.4) is 0 Å². The van der Waals surface area contributed by atoms with E-state index in [0.717, 1.165) is 17.1 Å². The molecule has 0 aliphatic carbocycles. The Labute approximate surface area is 297 Å². The summed E-state index contributed by atoms with van der Waals surface area (Å²) in [5.74, 6) is 0. The van der Waals surface area contributed by atoms with E-state index in [9.17, 15) is 0 Å². The molecule has 0 aromatic heterocycles. The number of nitrogens with zero attached hydrogens (tertiary/aromatic N) is 1. The van der Waals surface area contributed by atoms with Crippen LogP contribution in [-0.4, -0.2) is 0 Å². The van der Waals surface area contributed by atoms with E-state index < -0.39 is 0 Å². The highest BCUT2D eigenvalue weighted by Crippen LogP contribution is 2.42. The third kappa shape index (κ3) is 5.02. The lowest BCUT2D eigenvalue weighted by atomic mass is 9.93. The molecule has 0 unspecified atom stereocenters. The second-order valence-corrected chi connectivity index (χ2v) is 13.3. The van der Waals surface area contributed by atoms with E-state index in [1.807, 2.05) is 0 Å². The third-order valence-corrected chi connectivity index (χ3v) is 10.4. The molecule has 51 heavy (non-hydrogen) atoms. The van der Waals surface area contributed by atoms with Gasteiger partial charge in [0.2, 0.25) is 0 Å². The molecule has 0 spiro atoms. The molecule has 1 nitrogen and oxygen atoms in total. The normalized spacial score (nSPS) is 11.5. The average molecular weight is 648 g/mol. The van der Waals surface area contributed by atoms with Gasteiger partial charge < -0.3 is 4.90 Å². The summed E-state index contributed by atoms with van der Waals surface area (Å²) in [4.78, 5) is 2.40. The van der Waals surface area contributed by atoms with Crippen LogP contribution in [0.15, 0.2) is 200 Å². The van der Waals surface area contributed by atoms with Crippen LogP contribution < -0.4 is 4.90 Å². The molecule has 10 aromatic rings. The Hall–Kier alpha value is -6.70. The van der Waals surface area contributed by atoms with Crippen LogP contribution in [0.1, 0.15) is 0 Å². The molecule has 238 valence electrons. The van der Waals surface area contributed by atoms with E-state index in [2.05, 4.69) is 205 Å². The molecule has 0 heterocycles. The van der Waals surface area contributed by atoms with Gasteiger partial charge in [-0.1, -0.05) is 158 Å². The van der Waals surface area contributed by atoms with E-state index >= 15 is 0 Å². The average Bonchev–Trinajstić information content (AvgIpc) is 3.21. The first kappa shape index (κ1) is 29.2. The van der Waals surface area contributed by atoms with Crippen molar-refractivity contribution < 1.29 is 0 Å². The van der Waals surface area contributed by atoms with Crippen LogP contribution in [0.4, 0.5) is 17.1 Å². The Bertz CT molecular complexity index is 2880. The molecule has 0 amide bonds. The minimum Gasteiger partial charge on any atom is -0.310 e. The summed E-state index contributed by atoms with van der Waals surface area (Å²) < 4.78 is 0. The van der Waals surface area contributed by atoms with Crippen molar-refractivity contribution in [2.75, 3.05) is 4.90 Å². The van der Waals surface area contributed by atoms with Gasteiger partial charge in [-0.05, 0) is 119 Å². The van der Waals surface area contributed by atoms with Crippen LogP contribution in [-0.2, 0) is 0 Å². The fourth-order valence-electron chi connectivity index (χ4n) is 7.94. The maximum Gasteiger partial charge on any atom is 0.0468 e. The predicted octanol–water partition coefficient (Wildman–Crippen LogP) is 14.3. The minimum absolute atomic E-state index is 1.11. The Kier molecular flexibility index (Phi) is 6.89. The van der Waals surface area contributed by atoms with Gasteiger partial charge >= 0.3 is 0 Å². The summed E-state index contributed by atoms with van der Waals surface area (Å²) >= 11 is 0. The highest BCUT2D eigenvalue weighted by atomic mass is 15.1. The standard InChI is InChI=1S/C50H33N/c1-2-13-37-31-38(24-23-34(37)11-1)35-25-27-40(28-26-35)51(41-16-9-15-39(32-41)44-22-10-14-36-12-3-4-17-43(36)44)42-29-30-49-47-20-6-5-18-45(47)46-19-7-8-21-48(46)50(49)33-42/h1-33H. The third-order valence-electron chi connectivity index (χ3n) is 10.4. The zero-order valence-electron chi connectivity index (χ0n) is 28.0. The molecule has 0 saturated heterocycles. The molecule has 1 heteroatoms. The van der Waals surface area contributed by atoms with Crippen molar-refractivity contribution in [3.63, 3.8) is 0 Å². The number of hydrogen-bond donors (Lipinski definition) is 0.